The summed E-state index contributed by atoms with van der Waals surface area (Å²) in [5.74, 6) is -0.859. The van der Waals surface area contributed by atoms with Crippen molar-refractivity contribution in [1.82, 2.24) is 5.32 Å². The van der Waals surface area contributed by atoms with Crippen LogP contribution in [0.1, 0.15) is 65.2 Å². The highest BCUT2D eigenvalue weighted by Gasteiger charge is 2.04. The van der Waals surface area contributed by atoms with Gasteiger partial charge in [-0.3, -0.25) is 9.59 Å². The second-order valence-electron chi connectivity index (χ2n) is 4.29. The van der Waals surface area contributed by atoms with Gasteiger partial charge in [0.25, 0.3) is 5.91 Å². The Kier molecular flexibility index (Phi) is 10.1. The fraction of sp³-hybridized carbons (Fsp3) is 0.846. The third-order valence-corrected chi connectivity index (χ3v) is 2.64. The van der Waals surface area contributed by atoms with Crippen molar-refractivity contribution in [3.8, 4) is 0 Å². The van der Waals surface area contributed by atoms with E-state index in [0.717, 1.165) is 12.8 Å². The van der Waals surface area contributed by atoms with Crippen molar-refractivity contribution in [3.05, 3.63) is 0 Å². The number of rotatable bonds is 10. The predicted octanol–water partition coefficient (Wildman–Crippen LogP) is 2.83. The zero-order chi connectivity index (χ0) is 12.2. The van der Waals surface area contributed by atoms with Crippen LogP contribution in [-0.2, 0) is 9.59 Å². The molecule has 0 radical (unpaired) electrons. The van der Waals surface area contributed by atoms with Gasteiger partial charge in [0, 0.05) is 13.5 Å². The third-order valence-electron chi connectivity index (χ3n) is 2.64. The van der Waals surface area contributed by atoms with Crippen LogP contribution in [0.15, 0.2) is 0 Å². The van der Waals surface area contributed by atoms with Gasteiger partial charge in [0.1, 0.15) is 0 Å². The second kappa shape index (κ2) is 10.7. The van der Waals surface area contributed by atoms with Gasteiger partial charge in [-0.1, -0.05) is 51.9 Å². The Bertz CT molecular complexity index is 202. The van der Waals surface area contributed by atoms with E-state index in [0.29, 0.717) is 6.54 Å². The first kappa shape index (κ1) is 15.1. The number of ketones is 1. The average Bonchev–Trinajstić information content (AvgIpc) is 2.26. The highest BCUT2D eigenvalue weighted by molar-refractivity contribution is 6.35. The number of unbranched alkanes of at least 4 members (excludes halogenated alkanes) is 7. The smallest absolute Gasteiger partial charge is 0.287 e. The minimum atomic E-state index is -0.456. The normalized spacial score (nSPS) is 10.1. The Labute approximate surface area is 99.0 Å². The summed E-state index contributed by atoms with van der Waals surface area (Å²) in [6.45, 7) is 4.15. The molecule has 0 aromatic carbocycles. The van der Waals surface area contributed by atoms with Crippen molar-refractivity contribution in [2.24, 2.45) is 0 Å². The van der Waals surface area contributed by atoms with Gasteiger partial charge in [-0.05, 0) is 6.42 Å². The molecule has 3 heteroatoms. The van der Waals surface area contributed by atoms with E-state index >= 15 is 0 Å². The van der Waals surface area contributed by atoms with E-state index in [4.69, 9.17) is 0 Å². The number of nitrogens with one attached hydrogen (secondary N) is 1. The number of Topliss-reactive ketones (excluding diaryl/α,β-unsaturated/α-hetero) is 1. The SMILES string of the molecule is CCCCCCCCCCNC(=O)C(C)=O. The Balaban J connectivity index is 3.10. The number of amides is 1. The van der Waals surface area contributed by atoms with Gasteiger partial charge >= 0.3 is 0 Å². The van der Waals surface area contributed by atoms with E-state index in [9.17, 15) is 9.59 Å². The minimum absolute atomic E-state index is 0.403. The molecule has 0 aromatic heterocycles. The summed E-state index contributed by atoms with van der Waals surface area (Å²) in [5.41, 5.74) is 0. The molecule has 0 rings (SSSR count). The molecule has 0 spiro atoms. The van der Waals surface area contributed by atoms with Crippen molar-refractivity contribution in [2.75, 3.05) is 6.54 Å². The molecular weight excluding hydrogens is 202 g/mol. The van der Waals surface area contributed by atoms with Gasteiger partial charge in [0.15, 0.2) is 0 Å². The maximum absolute atomic E-state index is 10.9. The fourth-order valence-corrected chi connectivity index (χ4v) is 1.59. The molecule has 16 heavy (non-hydrogen) atoms. The molecule has 3 nitrogen and oxygen atoms in total. The summed E-state index contributed by atoms with van der Waals surface area (Å²) in [4.78, 5) is 21.5. The largest absolute Gasteiger partial charge is 0.350 e. The van der Waals surface area contributed by atoms with Crippen LogP contribution >= 0.6 is 0 Å². The monoisotopic (exact) mass is 227 g/mol. The number of hydrogen-bond donors (Lipinski definition) is 1. The summed E-state index contributed by atoms with van der Waals surface area (Å²) in [5, 5.41) is 2.60. The number of carbonyl (C=O) groups excluding carboxylic acids is 2. The van der Waals surface area contributed by atoms with E-state index in [2.05, 4.69) is 12.2 Å². The van der Waals surface area contributed by atoms with Gasteiger partial charge in [-0.2, -0.15) is 0 Å². The lowest BCUT2D eigenvalue weighted by molar-refractivity contribution is -0.136. The fourth-order valence-electron chi connectivity index (χ4n) is 1.59. The summed E-state index contributed by atoms with van der Waals surface area (Å²) in [6.07, 6.45) is 9.95. The molecule has 1 amide bonds. The van der Waals surface area contributed by atoms with Gasteiger partial charge in [-0.15, -0.1) is 0 Å². The lowest BCUT2D eigenvalue weighted by atomic mass is 10.1. The molecule has 0 saturated heterocycles. The van der Waals surface area contributed by atoms with Crippen LogP contribution in [-0.4, -0.2) is 18.2 Å². The van der Waals surface area contributed by atoms with Crippen LogP contribution in [0.3, 0.4) is 0 Å². The van der Waals surface area contributed by atoms with E-state index in [1.54, 1.807) is 0 Å². The molecule has 0 unspecified atom stereocenters. The summed E-state index contributed by atoms with van der Waals surface area (Å²) in [7, 11) is 0. The van der Waals surface area contributed by atoms with Crippen LogP contribution < -0.4 is 5.32 Å². The Morgan fingerprint density at radius 2 is 1.38 bits per heavy atom. The van der Waals surface area contributed by atoms with Crippen molar-refractivity contribution < 1.29 is 9.59 Å². The van der Waals surface area contributed by atoms with Crippen LogP contribution in [0.5, 0.6) is 0 Å². The Morgan fingerprint density at radius 1 is 0.875 bits per heavy atom. The minimum Gasteiger partial charge on any atom is -0.350 e. The first-order chi connectivity index (χ1) is 7.68. The zero-order valence-corrected chi connectivity index (χ0v) is 10.7. The summed E-state index contributed by atoms with van der Waals surface area (Å²) >= 11 is 0. The lowest BCUT2D eigenvalue weighted by Gasteiger charge is -2.03. The van der Waals surface area contributed by atoms with Crippen molar-refractivity contribution in [3.63, 3.8) is 0 Å². The van der Waals surface area contributed by atoms with E-state index in [-0.39, 0.29) is 0 Å². The van der Waals surface area contributed by atoms with E-state index in [1.165, 1.54) is 45.4 Å². The summed E-state index contributed by atoms with van der Waals surface area (Å²) in [6, 6.07) is 0. The van der Waals surface area contributed by atoms with Crippen LogP contribution in [0.25, 0.3) is 0 Å². The van der Waals surface area contributed by atoms with Crippen molar-refractivity contribution >= 4 is 11.7 Å². The first-order valence-corrected chi connectivity index (χ1v) is 6.47. The lowest BCUT2D eigenvalue weighted by Crippen LogP contribution is -2.29. The maximum Gasteiger partial charge on any atom is 0.287 e. The average molecular weight is 227 g/mol. The van der Waals surface area contributed by atoms with Gasteiger partial charge in [0.2, 0.25) is 5.78 Å². The number of hydrogen-bond acceptors (Lipinski definition) is 2. The van der Waals surface area contributed by atoms with E-state index < -0.39 is 11.7 Å². The molecule has 0 aromatic rings. The maximum atomic E-state index is 10.9. The van der Waals surface area contributed by atoms with E-state index in [1.807, 2.05) is 0 Å². The van der Waals surface area contributed by atoms with Gasteiger partial charge in [-0.25, -0.2) is 0 Å². The van der Waals surface area contributed by atoms with Crippen molar-refractivity contribution in [2.45, 2.75) is 65.2 Å². The molecule has 1 N–H and O–H groups in total. The molecular formula is C13H25NO2. The zero-order valence-electron chi connectivity index (χ0n) is 10.7. The van der Waals surface area contributed by atoms with Gasteiger partial charge in [0.05, 0.1) is 0 Å². The second-order valence-corrected chi connectivity index (χ2v) is 4.29. The first-order valence-electron chi connectivity index (χ1n) is 6.47. The Hall–Kier alpha value is -0.860. The van der Waals surface area contributed by atoms with Crippen LogP contribution in [0, 0.1) is 0 Å². The molecule has 0 aliphatic heterocycles. The van der Waals surface area contributed by atoms with Crippen molar-refractivity contribution in [1.29, 1.82) is 0 Å². The molecule has 0 heterocycles. The molecule has 0 aliphatic carbocycles. The van der Waals surface area contributed by atoms with Gasteiger partial charge < -0.3 is 5.32 Å². The quantitative estimate of drug-likeness (QED) is 0.461. The molecule has 0 fully saturated rings. The highest BCUT2D eigenvalue weighted by Crippen LogP contribution is 2.07. The highest BCUT2D eigenvalue weighted by atomic mass is 16.2. The molecule has 0 saturated carbocycles. The number of carbonyl (C=O) groups is 2. The molecule has 0 bridgehead atoms. The topological polar surface area (TPSA) is 46.2 Å². The van der Waals surface area contributed by atoms with Crippen LogP contribution in [0.4, 0.5) is 0 Å². The van der Waals surface area contributed by atoms with Crippen LogP contribution in [0.2, 0.25) is 0 Å². The molecule has 0 atom stereocenters. The molecule has 94 valence electrons. The molecule has 0 aliphatic rings. The third kappa shape index (κ3) is 9.69. The predicted molar refractivity (Wildman–Crippen MR) is 66.3 cm³/mol. The Morgan fingerprint density at radius 3 is 1.88 bits per heavy atom. The standard InChI is InChI=1S/C13H25NO2/c1-3-4-5-6-7-8-9-10-11-14-13(16)12(2)15/h3-11H2,1-2H3,(H,14,16). The summed E-state index contributed by atoms with van der Waals surface area (Å²) < 4.78 is 0.